The molecule has 0 saturated carbocycles. The highest BCUT2D eigenvalue weighted by Gasteiger charge is 2.35. The van der Waals surface area contributed by atoms with Crippen LogP contribution in [-0.2, 0) is 14.8 Å². The molecule has 8 nitrogen and oxygen atoms in total. The third-order valence-electron chi connectivity index (χ3n) is 6.16. The van der Waals surface area contributed by atoms with Crippen LogP contribution < -0.4 is 5.32 Å². The van der Waals surface area contributed by atoms with Crippen LogP contribution in [-0.4, -0.2) is 47.9 Å². The van der Waals surface area contributed by atoms with Crippen molar-refractivity contribution in [1.82, 2.24) is 14.7 Å². The van der Waals surface area contributed by atoms with Gasteiger partial charge in [0.05, 0.1) is 11.6 Å². The molecular formula is C24H24FN5O3S. The maximum Gasteiger partial charge on any atom is 0.285 e. The van der Waals surface area contributed by atoms with E-state index in [2.05, 4.69) is 14.8 Å². The molecule has 1 fully saturated rings. The highest BCUT2D eigenvalue weighted by atomic mass is 32.2. The fraction of sp³-hybridized carbons (Fsp3) is 0.292. The van der Waals surface area contributed by atoms with E-state index in [1.54, 1.807) is 36.4 Å². The molecule has 1 N–H and O–H groups in total. The molecule has 0 bridgehead atoms. The molecule has 3 aromatic rings. The number of likely N-dealkylation sites (tertiary alicyclic amines) is 1. The first-order chi connectivity index (χ1) is 16.2. The number of sulfonamides is 1. The summed E-state index contributed by atoms with van der Waals surface area (Å²) in [6.45, 7) is 4.64. The third-order valence-corrected chi connectivity index (χ3v) is 7.48. The number of rotatable bonds is 3. The summed E-state index contributed by atoms with van der Waals surface area (Å²) < 4.78 is 45.1. The number of amides is 1. The van der Waals surface area contributed by atoms with Gasteiger partial charge in [-0.15, -0.1) is 4.40 Å². The lowest BCUT2D eigenvalue weighted by atomic mass is 9.96. The summed E-state index contributed by atoms with van der Waals surface area (Å²) >= 11 is 0. The van der Waals surface area contributed by atoms with E-state index in [0.717, 1.165) is 11.4 Å². The fourth-order valence-electron chi connectivity index (χ4n) is 4.57. The van der Waals surface area contributed by atoms with Crippen LogP contribution in [0, 0.1) is 25.6 Å². The van der Waals surface area contributed by atoms with Crippen LogP contribution in [0.3, 0.4) is 0 Å². The molecule has 0 aliphatic carbocycles. The Kier molecular flexibility index (Phi) is 5.47. The molecule has 5 rings (SSSR count). The summed E-state index contributed by atoms with van der Waals surface area (Å²) in [7, 11) is -3.73. The van der Waals surface area contributed by atoms with Crippen molar-refractivity contribution >= 4 is 27.5 Å². The number of halogens is 1. The highest BCUT2D eigenvalue weighted by Crippen LogP contribution is 2.30. The second kappa shape index (κ2) is 8.35. The molecule has 0 radical (unpaired) electrons. The average Bonchev–Trinajstić information content (AvgIpc) is 3.29. The van der Waals surface area contributed by atoms with E-state index in [4.69, 9.17) is 0 Å². The Balaban J connectivity index is 1.31. The first-order valence-electron chi connectivity index (χ1n) is 11.1. The molecule has 1 saturated heterocycles. The highest BCUT2D eigenvalue weighted by molar-refractivity contribution is 7.90. The van der Waals surface area contributed by atoms with Crippen molar-refractivity contribution < 1.29 is 17.6 Å². The molecule has 10 heteroatoms. The Morgan fingerprint density at radius 2 is 1.94 bits per heavy atom. The molecular weight excluding hydrogens is 457 g/mol. The number of carbonyl (C=O) groups is 1. The number of nitrogens with zero attached hydrogens (tertiary/aromatic N) is 4. The molecule has 0 spiro atoms. The molecule has 34 heavy (non-hydrogen) atoms. The Hall–Kier alpha value is -3.53. The zero-order chi connectivity index (χ0) is 24.0. The van der Waals surface area contributed by atoms with Crippen molar-refractivity contribution in [3.8, 4) is 5.69 Å². The minimum Gasteiger partial charge on any atom is -0.355 e. The summed E-state index contributed by atoms with van der Waals surface area (Å²) in [6, 6.07) is 13.1. The van der Waals surface area contributed by atoms with Gasteiger partial charge in [0, 0.05) is 30.0 Å². The summed E-state index contributed by atoms with van der Waals surface area (Å²) in [5, 5.41) is 7.11. The smallest absolute Gasteiger partial charge is 0.285 e. The van der Waals surface area contributed by atoms with Crippen LogP contribution in [0.1, 0.15) is 29.8 Å². The van der Waals surface area contributed by atoms with Crippen molar-refractivity contribution in [2.75, 3.05) is 18.4 Å². The Labute approximate surface area is 197 Å². The van der Waals surface area contributed by atoms with Gasteiger partial charge in [-0.25, -0.2) is 9.07 Å². The van der Waals surface area contributed by atoms with Gasteiger partial charge in [0.15, 0.2) is 11.7 Å². The molecule has 176 valence electrons. The number of hydrogen-bond acceptors (Lipinski definition) is 5. The minimum atomic E-state index is -3.73. The van der Waals surface area contributed by atoms with E-state index >= 15 is 0 Å². The second-order valence-electron chi connectivity index (χ2n) is 8.67. The molecule has 1 atom stereocenters. The van der Waals surface area contributed by atoms with Crippen molar-refractivity contribution in [3.05, 3.63) is 71.3 Å². The predicted molar refractivity (Wildman–Crippen MR) is 126 cm³/mol. The van der Waals surface area contributed by atoms with Crippen molar-refractivity contribution in [2.24, 2.45) is 10.3 Å². The first-order valence-corrected chi connectivity index (χ1v) is 12.5. The van der Waals surface area contributed by atoms with Crippen molar-refractivity contribution in [2.45, 2.75) is 31.6 Å². The van der Waals surface area contributed by atoms with Crippen LogP contribution in [0.15, 0.2) is 57.8 Å². The number of carbonyl (C=O) groups excluding carboxylic acids is 1. The van der Waals surface area contributed by atoms with Crippen LogP contribution in [0.25, 0.3) is 5.69 Å². The van der Waals surface area contributed by atoms with Crippen LogP contribution in [0.2, 0.25) is 0 Å². The number of piperidine rings is 1. The molecule has 2 aliphatic heterocycles. The zero-order valence-electron chi connectivity index (χ0n) is 18.8. The van der Waals surface area contributed by atoms with Crippen molar-refractivity contribution in [1.29, 1.82) is 0 Å². The van der Waals surface area contributed by atoms with E-state index in [-0.39, 0.29) is 16.7 Å². The first kappa shape index (κ1) is 22.3. The largest absolute Gasteiger partial charge is 0.355 e. The number of anilines is 1. The Bertz CT molecular complexity index is 1430. The van der Waals surface area contributed by atoms with Gasteiger partial charge < -0.3 is 10.2 Å². The molecule has 3 heterocycles. The van der Waals surface area contributed by atoms with Crippen molar-refractivity contribution in [3.63, 3.8) is 0 Å². The SMILES string of the molecule is Cc1cc(C)n(-c2ccc(NC(=O)C3CCCN(C4=NS(=O)(=O)c5ccccc54)C3)cc2F)n1. The molecule has 1 aromatic heterocycles. The van der Waals surface area contributed by atoms with E-state index in [9.17, 15) is 17.6 Å². The number of amidine groups is 1. The Morgan fingerprint density at radius 1 is 1.15 bits per heavy atom. The lowest BCUT2D eigenvalue weighted by Gasteiger charge is -2.33. The van der Waals surface area contributed by atoms with Crippen LogP contribution in [0.4, 0.5) is 10.1 Å². The van der Waals surface area contributed by atoms with E-state index < -0.39 is 15.8 Å². The Morgan fingerprint density at radius 3 is 2.68 bits per heavy atom. The standard InChI is InChI=1S/C24H24FN5O3S/c1-15-12-16(2)30(27-15)21-10-9-18(13-20(21)25)26-24(31)17-6-5-11-29(14-17)23-19-7-3-4-8-22(19)34(32,33)28-23/h3-4,7-10,12-13,17H,5-6,11,14H2,1-2H3,(H,26,31). The molecule has 1 unspecified atom stereocenters. The van der Waals surface area contributed by atoms with Gasteiger partial charge in [0.2, 0.25) is 5.91 Å². The van der Waals surface area contributed by atoms with Gasteiger partial charge in [-0.05, 0) is 63.1 Å². The lowest BCUT2D eigenvalue weighted by molar-refractivity contribution is -0.121. The van der Waals surface area contributed by atoms with E-state index in [0.29, 0.717) is 48.7 Å². The van der Waals surface area contributed by atoms with Gasteiger partial charge >= 0.3 is 0 Å². The maximum absolute atomic E-state index is 14.8. The number of aromatic nitrogens is 2. The van der Waals surface area contributed by atoms with E-state index in [1.807, 2.05) is 24.8 Å². The van der Waals surface area contributed by atoms with Gasteiger partial charge in [-0.3, -0.25) is 4.79 Å². The quantitative estimate of drug-likeness (QED) is 0.618. The van der Waals surface area contributed by atoms with Crippen LogP contribution in [0.5, 0.6) is 0 Å². The van der Waals surface area contributed by atoms with Gasteiger partial charge in [-0.1, -0.05) is 12.1 Å². The number of nitrogens with one attached hydrogen (secondary N) is 1. The maximum atomic E-state index is 14.8. The average molecular weight is 482 g/mol. The zero-order valence-corrected chi connectivity index (χ0v) is 19.6. The minimum absolute atomic E-state index is 0.190. The number of benzene rings is 2. The third kappa shape index (κ3) is 3.98. The van der Waals surface area contributed by atoms with Gasteiger partial charge in [-0.2, -0.15) is 13.5 Å². The summed E-state index contributed by atoms with van der Waals surface area (Å²) in [5.41, 5.74) is 2.83. The topological polar surface area (TPSA) is 96.7 Å². The number of aryl methyl sites for hydroxylation is 2. The predicted octanol–water partition coefficient (Wildman–Crippen LogP) is 3.43. The lowest BCUT2D eigenvalue weighted by Crippen LogP contribution is -2.43. The molecule has 2 aromatic carbocycles. The normalized spacial score (nSPS) is 19.0. The van der Waals surface area contributed by atoms with Gasteiger partial charge in [0.1, 0.15) is 10.6 Å². The number of hydrogen-bond donors (Lipinski definition) is 1. The van der Waals surface area contributed by atoms with Crippen LogP contribution >= 0.6 is 0 Å². The summed E-state index contributed by atoms with van der Waals surface area (Å²) in [6.07, 6.45) is 1.36. The summed E-state index contributed by atoms with van der Waals surface area (Å²) in [5.74, 6) is -0.729. The fourth-order valence-corrected chi connectivity index (χ4v) is 5.80. The van der Waals surface area contributed by atoms with E-state index in [1.165, 1.54) is 10.7 Å². The monoisotopic (exact) mass is 481 g/mol. The second-order valence-corrected chi connectivity index (χ2v) is 10.2. The van der Waals surface area contributed by atoms with Gasteiger partial charge in [0.25, 0.3) is 10.0 Å². The number of fused-ring (bicyclic) bond motifs is 1. The molecule has 1 amide bonds. The summed E-state index contributed by atoms with van der Waals surface area (Å²) in [4.78, 5) is 15.0. The molecule has 2 aliphatic rings.